The van der Waals surface area contributed by atoms with E-state index in [0.29, 0.717) is 12.1 Å². The summed E-state index contributed by atoms with van der Waals surface area (Å²) in [5.74, 6) is -3.96. The molecule has 5 unspecified atom stereocenters. The van der Waals surface area contributed by atoms with Crippen LogP contribution in [0.3, 0.4) is 0 Å². The number of guanidine groups is 2. The van der Waals surface area contributed by atoms with Gasteiger partial charge in [0.2, 0.25) is 17.7 Å². The van der Waals surface area contributed by atoms with Crippen LogP contribution in [0.4, 0.5) is 0 Å². The van der Waals surface area contributed by atoms with Crippen LogP contribution in [0.5, 0.6) is 0 Å². The molecule has 0 radical (unpaired) electrons. The van der Waals surface area contributed by atoms with Gasteiger partial charge in [-0.05, 0) is 32.6 Å². The molecule has 1 aromatic heterocycles. The summed E-state index contributed by atoms with van der Waals surface area (Å²) in [4.78, 5) is 64.9. The number of nitrogens with one attached hydrogen (secondary N) is 4. The van der Waals surface area contributed by atoms with Gasteiger partial charge in [-0.25, -0.2) is 9.78 Å². The first-order valence-electron chi connectivity index (χ1n) is 12.5. The molecule has 18 heteroatoms. The van der Waals surface area contributed by atoms with Gasteiger partial charge < -0.3 is 59.8 Å². The molecule has 3 amide bonds. The highest BCUT2D eigenvalue weighted by atomic mass is 16.4. The minimum atomic E-state index is -1.62. The molecule has 1 rings (SSSR count). The Kier molecular flexibility index (Phi) is 14.4. The lowest BCUT2D eigenvalue weighted by Gasteiger charge is -2.25. The average Bonchev–Trinajstić information content (AvgIpc) is 3.38. The SMILES string of the molecule is CC(O)C(NC(=O)C(CCCN=C(N)N)NC(=O)C(Cc1cnc[nH]1)NC(=O)C(N)CCCN=C(N)N)C(=O)O. The number of aromatic nitrogens is 2. The first-order valence-corrected chi connectivity index (χ1v) is 12.5. The Labute approximate surface area is 230 Å². The predicted octanol–water partition coefficient (Wildman–Crippen LogP) is -4.69. The van der Waals surface area contributed by atoms with Crippen LogP contribution in [0.25, 0.3) is 0 Å². The molecule has 0 aliphatic heterocycles. The Hall–Kier alpha value is -4.45. The molecule has 5 atom stereocenters. The number of H-pyrrole nitrogens is 1. The van der Waals surface area contributed by atoms with Crippen LogP contribution in [0, 0.1) is 0 Å². The van der Waals surface area contributed by atoms with Crippen LogP contribution in [-0.2, 0) is 25.6 Å². The number of aliphatic imine (C=N–C) groups is 2. The second kappa shape index (κ2) is 17.2. The average molecular weight is 569 g/mol. The summed E-state index contributed by atoms with van der Waals surface area (Å²) < 4.78 is 0. The van der Waals surface area contributed by atoms with Crippen molar-refractivity contribution in [3.05, 3.63) is 18.2 Å². The third-order valence-corrected chi connectivity index (χ3v) is 5.54. The molecule has 0 saturated heterocycles. The third kappa shape index (κ3) is 12.9. The molecule has 18 nitrogen and oxygen atoms in total. The number of aliphatic carboxylic acids is 1. The Morgan fingerprint density at radius 3 is 1.98 bits per heavy atom. The summed E-state index contributed by atoms with van der Waals surface area (Å²) in [5, 5.41) is 26.4. The summed E-state index contributed by atoms with van der Waals surface area (Å²) in [7, 11) is 0. The first kappa shape index (κ1) is 33.6. The van der Waals surface area contributed by atoms with Gasteiger partial charge in [-0.3, -0.25) is 24.4 Å². The van der Waals surface area contributed by atoms with Crippen molar-refractivity contribution in [2.24, 2.45) is 38.7 Å². The number of imidazole rings is 1. The molecule has 224 valence electrons. The highest BCUT2D eigenvalue weighted by molar-refractivity contribution is 5.94. The summed E-state index contributed by atoms with van der Waals surface area (Å²) in [5.41, 5.74) is 27.7. The topological polar surface area (TPSA) is 328 Å². The number of nitrogens with two attached hydrogens (primary N) is 5. The number of nitrogens with zero attached hydrogens (tertiary/aromatic N) is 3. The second-order valence-electron chi connectivity index (χ2n) is 8.97. The first-order chi connectivity index (χ1) is 18.8. The Bertz CT molecular complexity index is 1020. The fourth-order valence-corrected chi connectivity index (χ4v) is 3.44. The maximum absolute atomic E-state index is 13.3. The molecule has 1 heterocycles. The van der Waals surface area contributed by atoms with Crippen molar-refractivity contribution in [2.75, 3.05) is 13.1 Å². The van der Waals surface area contributed by atoms with Crippen LogP contribution in [0.2, 0.25) is 0 Å². The Morgan fingerprint density at radius 1 is 0.925 bits per heavy atom. The van der Waals surface area contributed by atoms with Crippen LogP contribution in [0.15, 0.2) is 22.5 Å². The number of carbonyl (C=O) groups is 4. The Morgan fingerprint density at radius 2 is 1.48 bits per heavy atom. The van der Waals surface area contributed by atoms with E-state index in [0.717, 1.165) is 0 Å². The number of hydrogen-bond donors (Lipinski definition) is 11. The zero-order chi connectivity index (χ0) is 30.2. The number of carbonyl (C=O) groups excluding carboxylic acids is 3. The maximum atomic E-state index is 13.3. The van der Waals surface area contributed by atoms with Gasteiger partial charge in [-0.2, -0.15) is 0 Å². The van der Waals surface area contributed by atoms with E-state index in [1.54, 1.807) is 0 Å². The minimum absolute atomic E-state index is 0.00946. The number of aromatic amines is 1. The van der Waals surface area contributed by atoms with Crippen molar-refractivity contribution in [3.8, 4) is 0 Å². The van der Waals surface area contributed by atoms with Crippen molar-refractivity contribution in [3.63, 3.8) is 0 Å². The van der Waals surface area contributed by atoms with Crippen LogP contribution < -0.4 is 44.6 Å². The number of carboxylic acids is 1. The number of aliphatic hydroxyl groups excluding tert-OH is 1. The lowest BCUT2D eigenvalue weighted by atomic mass is 10.1. The molecular weight excluding hydrogens is 528 g/mol. The van der Waals surface area contributed by atoms with Crippen molar-refractivity contribution in [2.45, 2.75) is 69.3 Å². The summed E-state index contributed by atoms with van der Waals surface area (Å²) in [6.45, 7) is 1.59. The van der Waals surface area contributed by atoms with E-state index in [2.05, 4.69) is 35.9 Å². The van der Waals surface area contributed by atoms with Gasteiger partial charge in [0, 0.05) is 31.4 Å². The van der Waals surface area contributed by atoms with E-state index >= 15 is 0 Å². The van der Waals surface area contributed by atoms with Crippen molar-refractivity contribution in [1.29, 1.82) is 0 Å². The Balaban J connectivity index is 3.05. The van der Waals surface area contributed by atoms with Gasteiger partial charge in [0.15, 0.2) is 18.0 Å². The van der Waals surface area contributed by atoms with Crippen molar-refractivity contribution >= 4 is 35.6 Å². The predicted molar refractivity (Wildman–Crippen MR) is 145 cm³/mol. The van der Waals surface area contributed by atoms with E-state index in [4.69, 9.17) is 28.7 Å². The van der Waals surface area contributed by atoms with Gasteiger partial charge >= 0.3 is 5.97 Å². The molecule has 40 heavy (non-hydrogen) atoms. The molecular formula is C22H40N12O6. The fourth-order valence-electron chi connectivity index (χ4n) is 3.44. The largest absolute Gasteiger partial charge is 0.480 e. The van der Waals surface area contributed by atoms with Crippen LogP contribution >= 0.6 is 0 Å². The zero-order valence-corrected chi connectivity index (χ0v) is 22.2. The highest BCUT2D eigenvalue weighted by Crippen LogP contribution is 2.06. The molecule has 0 fully saturated rings. The summed E-state index contributed by atoms with van der Waals surface area (Å²) in [6, 6.07) is -5.04. The van der Waals surface area contributed by atoms with E-state index in [1.165, 1.54) is 19.4 Å². The molecule has 1 aromatic rings. The van der Waals surface area contributed by atoms with Crippen LogP contribution in [0.1, 0.15) is 38.3 Å². The number of hydrogen-bond acceptors (Lipinski definition) is 9. The third-order valence-electron chi connectivity index (χ3n) is 5.54. The minimum Gasteiger partial charge on any atom is -0.480 e. The van der Waals surface area contributed by atoms with E-state index < -0.39 is 54.0 Å². The quantitative estimate of drug-likeness (QED) is 0.0452. The number of rotatable bonds is 18. The van der Waals surface area contributed by atoms with Gasteiger partial charge in [0.05, 0.1) is 18.5 Å². The fraction of sp³-hybridized carbons (Fsp3) is 0.591. The maximum Gasteiger partial charge on any atom is 0.328 e. The normalized spacial score (nSPS) is 14.5. The monoisotopic (exact) mass is 568 g/mol. The standard InChI is InChI=1S/C22H40N12O6/c1-11(35)16(20(39)40)34-18(37)14(5-3-7-30-22(26)27)32-19(38)15(8-12-9-28-10-31-12)33-17(36)13(23)4-2-6-29-21(24)25/h9-11,13-16,35H,2-8,23H2,1H3,(H,28,31)(H,32,38)(H,33,36)(H,34,37)(H,39,40)(H4,24,25,29)(H4,26,27,30). The van der Waals surface area contributed by atoms with E-state index in [-0.39, 0.29) is 50.7 Å². The molecule has 0 aliphatic carbocycles. The molecule has 16 N–H and O–H groups in total. The zero-order valence-electron chi connectivity index (χ0n) is 22.2. The smallest absolute Gasteiger partial charge is 0.328 e. The lowest BCUT2D eigenvalue weighted by Crippen LogP contribution is -2.58. The highest BCUT2D eigenvalue weighted by Gasteiger charge is 2.32. The lowest BCUT2D eigenvalue weighted by molar-refractivity contribution is -0.145. The van der Waals surface area contributed by atoms with E-state index in [9.17, 15) is 29.4 Å². The molecule has 0 bridgehead atoms. The molecule has 0 aromatic carbocycles. The van der Waals surface area contributed by atoms with Crippen molar-refractivity contribution in [1.82, 2.24) is 25.9 Å². The molecule has 0 aliphatic rings. The van der Waals surface area contributed by atoms with Gasteiger partial charge in [0.25, 0.3) is 0 Å². The van der Waals surface area contributed by atoms with Gasteiger partial charge in [0.1, 0.15) is 12.1 Å². The molecule has 0 spiro atoms. The number of carboxylic acid groups (broad SMARTS) is 1. The van der Waals surface area contributed by atoms with Gasteiger partial charge in [-0.1, -0.05) is 0 Å². The van der Waals surface area contributed by atoms with Crippen LogP contribution in [-0.4, -0.2) is 99.2 Å². The van der Waals surface area contributed by atoms with Gasteiger partial charge in [-0.15, -0.1) is 0 Å². The second-order valence-corrected chi connectivity index (χ2v) is 8.97. The molecule has 0 saturated carbocycles. The summed E-state index contributed by atoms with van der Waals surface area (Å²) >= 11 is 0. The number of amides is 3. The number of aliphatic hydroxyl groups is 1. The van der Waals surface area contributed by atoms with E-state index in [1.807, 2.05) is 0 Å². The van der Waals surface area contributed by atoms with Crippen molar-refractivity contribution < 1.29 is 29.4 Å². The summed E-state index contributed by atoms with van der Waals surface area (Å²) in [6.07, 6.45) is 2.30.